The quantitative estimate of drug-likeness (QED) is 0.305. The third-order valence-electron chi connectivity index (χ3n) is 2.51. The van der Waals surface area contributed by atoms with E-state index in [1.807, 2.05) is 0 Å². The Morgan fingerprint density at radius 2 is 1.56 bits per heavy atom. The molecule has 0 heterocycles. The van der Waals surface area contributed by atoms with Crippen molar-refractivity contribution in [1.82, 2.24) is 0 Å². The summed E-state index contributed by atoms with van der Waals surface area (Å²) in [5.74, 6) is 0. The average Bonchev–Trinajstić information content (AvgIpc) is 2.20. The Hall–Kier alpha value is 0.757. The summed E-state index contributed by atoms with van der Waals surface area (Å²) >= 11 is 11.8. The van der Waals surface area contributed by atoms with Gasteiger partial charge in [0.1, 0.15) is 4.84 Å². The van der Waals surface area contributed by atoms with Gasteiger partial charge in [-0.2, -0.15) is 0 Å². The fourth-order valence-electron chi connectivity index (χ4n) is 1.66. The zero-order chi connectivity index (χ0) is 12.4. The third kappa shape index (κ3) is 9.95. The molecule has 1 nitrogen and oxygen atoms in total. The molecule has 0 aliphatic heterocycles. The molecule has 0 N–H and O–H groups in total. The molecule has 0 fully saturated rings. The predicted octanol–water partition coefficient (Wildman–Crippen LogP) is 5.18. The molecule has 0 aromatic carbocycles. The van der Waals surface area contributed by atoms with Gasteiger partial charge in [0.05, 0.1) is 6.10 Å². The third-order valence-corrected chi connectivity index (χ3v) is 3.85. The van der Waals surface area contributed by atoms with Gasteiger partial charge in [-0.25, -0.2) is 0 Å². The Morgan fingerprint density at radius 1 is 1.00 bits per heavy atom. The Morgan fingerprint density at radius 3 is 2.06 bits per heavy atom. The standard InChI is InChI=1S/C12H25Cl2OSi/c1-4-5-6-7-8-9-10-11(12(13)14)15-16(2)3/h11-12H,4-10H2,1-3H3. The van der Waals surface area contributed by atoms with Gasteiger partial charge in [-0.05, 0) is 19.5 Å². The topological polar surface area (TPSA) is 9.23 Å². The van der Waals surface area contributed by atoms with Crippen molar-refractivity contribution in [1.29, 1.82) is 0 Å². The molecule has 0 aliphatic carbocycles. The van der Waals surface area contributed by atoms with Crippen LogP contribution in [-0.4, -0.2) is 20.0 Å². The smallest absolute Gasteiger partial charge is 0.205 e. The second kappa shape index (κ2) is 10.9. The van der Waals surface area contributed by atoms with Crippen LogP contribution >= 0.6 is 23.2 Å². The van der Waals surface area contributed by atoms with E-state index in [1.165, 1.54) is 38.5 Å². The summed E-state index contributed by atoms with van der Waals surface area (Å²) in [6.07, 6.45) is 8.82. The van der Waals surface area contributed by atoms with Crippen molar-refractivity contribution >= 4 is 32.2 Å². The highest BCUT2D eigenvalue weighted by Gasteiger charge is 2.18. The Balaban J connectivity index is 3.52. The normalized spacial score (nSPS) is 13.7. The number of rotatable bonds is 10. The molecule has 0 rings (SSSR count). The van der Waals surface area contributed by atoms with E-state index in [0.717, 1.165) is 6.42 Å². The van der Waals surface area contributed by atoms with Crippen LogP contribution in [0.25, 0.3) is 0 Å². The molecule has 0 amide bonds. The van der Waals surface area contributed by atoms with Gasteiger partial charge in [0.25, 0.3) is 0 Å². The van der Waals surface area contributed by atoms with E-state index >= 15 is 0 Å². The second-order valence-electron chi connectivity index (χ2n) is 4.46. The summed E-state index contributed by atoms with van der Waals surface area (Å²) in [6, 6.07) is 0. The maximum absolute atomic E-state index is 5.91. The van der Waals surface area contributed by atoms with Gasteiger partial charge in [0, 0.05) is 0 Å². The number of hydrogen-bond acceptors (Lipinski definition) is 1. The molecular formula is C12H25Cl2OSi. The molecule has 1 atom stereocenters. The average molecular weight is 284 g/mol. The molecule has 97 valence electrons. The van der Waals surface area contributed by atoms with Crippen LogP contribution in [0.15, 0.2) is 0 Å². The zero-order valence-corrected chi connectivity index (χ0v) is 13.3. The largest absolute Gasteiger partial charge is 0.412 e. The van der Waals surface area contributed by atoms with Crippen molar-refractivity contribution in [2.24, 2.45) is 0 Å². The van der Waals surface area contributed by atoms with E-state index in [0.29, 0.717) is 0 Å². The summed E-state index contributed by atoms with van der Waals surface area (Å²) in [6.45, 7) is 6.48. The van der Waals surface area contributed by atoms with E-state index in [1.54, 1.807) is 0 Å². The van der Waals surface area contributed by atoms with Crippen LogP contribution in [0.4, 0.5) is 0 Å². The molecule has 4 heteroatoms. The van der Waals surface area contributed by atoms with Gasteiger partial charge in [-0.1, -0.05) is 45.4 Å². The van der Waals surface area contributed by atoms with Crippen molar-refractivity contribution in [3.05, 3.63) is 0 Å². The summed E-state index contributed by atoms with van der Waals surface area (Å²) in [7, 11) is -0.697. The molecule has 0 aromatic rings. The maximum atomic E-state index is 5.91. The molecule has 0 aromatic heterocycles. The fraction of sp³-hybridized carbons (Fsp3) is 1.00. The van der Waals surface area contributed by atoms with Gasteiger partial charge in [-0.15, -0.1) is 23.2 Å². The van der Waals surface area contributed by atoms with Crippen LogP contribution in [-0.2, 0) is 4.43 Å². The van der Waals surface area contributed by atoms with Crippen LogP contribution in [0.3, 0.4) is 0 Å². The van der Waals surface area contributed by atoms with E-state index in [2.05, 4.69) is 20.0 Å². The molecule has 0 spiro atoms. The number of halogens is 2. The molecule has 0 saturated heterocycles. The molecule has 1 radical (unpaired) electrons. The first kappa shape index (κ1) is 16.8. The lowest BCUT2D eigenvalue weighted by molar-refractivity contribution is 0.203. The molecule has 16 heavy (non-hydrogen) atoms. The second-order valence-corrected chi connectivity index (χ2v) is 7.67. The Labute approximate surface area is 113 Å². The highest BCUT2D eigenvalue weighted by atomic mass is 35.5. The Kier molecular flexibility index (Phi) is 11.4. The van der Waals surface area contributed by atoms with E-state index in [9.17, 15) is 0 Å². The fourth-order valence-corrected chi connectivity index (χ4v) is 3.05. The minimum absolute atomic E-state index is 0.0402. The van der Waals surface area contributed by atoms with Crippen molar-refractivity contribution in [2.45, 2.75) is 75.9 Å². The van der Waals surface area contributed by atoms with Crippen molar-refractivity contribution in [3.8, 4) is 0 Å². The van der Waals surface area contributed by atoms with Gasteiger partial charge in [0.15, 0.2) is 0 Å². The van der Waals surface area contributed by atoms with E-state index < -0.39 is 9.04 Å². The van der Waals surface area contributed by atoms with Gasteiger partial charge >= 0.3 is 0 Å². The lowest BCUT2D eigenvalue weighted by Crippen LogP contribution is -2.26. The van der Waals surface area contributed by atoms with Gasteiger partial charge in [0.2, 0.25) is 9.04 Å². The minimum atomic E-state index is -0.697. The highest BCUT2D eigenvalue weighted by molar-refractivity contribution is 6.49. The lowest BCUT2D eigenvalue weighted by atomic mass is 10.1. The number of alkyl halides is 2. The number of hydrogen-bond donors (Lipinski definition) is 0. The first-order chi connectivity index (χ1) is 7.57. The van der Waals surface area contributed by atoms with E-state index in [-0.39, 0.29) is 10.9 Å². The van der Waals surface area contributed by atoms with Crippen LogP contribution < -0.4 is 0 Å². The molecular weight excluding hydrogens is 259 g/mol. The van der Waals surface area contributed by atoms with E-state index in [4.69, 9.17) is 27.6 Å². The first-order valence-corrected chi connectivity index (χ1v) is 9.61. The zero-order valence-electron chi connectivity index (χ0n) is 10.8. The number of unbranched alkanes of at least 4 members (excludes halogenated alkanes) is 5. The highest BCUT2D eigenvalue weighted by Crippen LogP contribution is 2.19. The monoisotopic (exact) mass is 283 g/mol. The summed E-state index contributed by atoms with van der Waals surface area (Å²) in [5.41, 5.74) is 0. The van der Waals surface area contributed by atoms with Gasteiger partial charge < -0.3 is 4.43 Å². The van der Waals surface area contributed by atoms with Crippen LogP contribution in [0.1, 0.15) is 51.9 Å². The van der Waals surface area contributed by atoms with Crippen LogP contribution in [0.5, 0.6) is 0 Å². The van der Waals surface area contributed by atoms with Crippen molar-refractivity contribution in [3.63, 3.8) is 0 Å². The summed E-state index contributed by atoms with van der Waals surface area (Å²) < 4.78 is 5.78. The Bertz CT molecular complexity index is 154. The lowest BCUT2D eigenvalue weighted by Gasteiger charge is -2.20. The molecule has 1 unspecified atom stereocenters. The predicted molar refractivity (Wildman–Crippen MR) is 75.8 cm³/mol. The first-order valence-electron chi connectivity index (χ1n) is 6.32. The molecule has 0 saturated carbocycles. The molecule has 0 bridgehead atoms. The molecule has 0 aliphatic rings. The van der Waals surface area contributed by atoms with Crippen molar-refractivity contribution < 1.29 is 4.43 Å². The minimum Gasteiger partial charge on any atom is -0.412 e. The maximum Gasteiger partial charge on any atom is 0.205 e. The van der Waals surface area contributed by atoms with Crippen LogP contribution in [0, 0.1) is 0 Å². The van der Waals surface area contributed by atoms with Crippen molar-refractivity contribution in [2.75, 3.05) is 0 Å². The SMILES string of the molecule is CCCCCCCCC(O[Si](C)C)C(Cl)Cl. The summed E-state index contributed by atoms with van der Waals surface area (Å²) in [4.78, 5) is -0.379. The summed E-state index contributed by atoms with van der Waals surface area (Å²) in [5, 5.41) is 0. The van der Waals surface area contributed by atoms with Crippen LogP contribution in [0.2, 0.25) is 13.1 Å². The van der Waals surface area contributed by atoms with Gasteiger partial charge in [-0.3, -0.25) is 0 Å².